The number of pyridine rings is 1. The predicted octanol–water partition coefficient (Wildman–Crippen LogP) is 4.75. The van der Waals surface area contributed by atoms with Gasteiger partial charge < -0.3 is 15.6 Å². The average molecular weight is 582 g/mol. The molecule has 1 aliphatic carbocycles. The molecule has 1 aliphatic rings. The minimum absolute atomic E-state index is 0.0448. The molecule has 0 saturated heterocycles. The minimum Gasteiger partial charge on any atom is -0.382 e. The lowest BCUT2D eigenvalue weighted by Gasteiger charge is -2.31. The van der Waals surface area contributed by atoms with Crippen LogP contribution in [-0.4, -0.2) is 30.8 Å². The van der Waals surface area contributed by atoms with Crippen molar-refractivity contribution in [1.82, 2.24) is 24.7 Å². The monoisotopic (exact) mass is 581 g/mol. The zero-order valence-electron chi connectivity index (χ0n) is 20.5. The molecule has 15 heteroatoms. The van der Waals surface area contributed by atoms with E-state index in [0.29, 0.717) is 25.7 Å². The molecule has 2 atom stereocenters. The number of halogens is 6. The molecule has 40 heavy (non-hydrogen) atoms. The van der Waals surface area contributed by atoms with Gasteiger partial charge in [-0.05, 0) is 42.7 Å². The highest BCUT2D eigenvalue weighted by Crippen LogP contribution is 2.34. The number of nitrogens with one attached hydrogen (secondary N) is 2. The van der Waals surface area contributed by atoms with E-state index in [1.54, 1.807) is 5.10 Å². The van der Waals surface area contributed by atoms with E-state index in [4.69, 9.17) is 17.3 Å². The molecule has 1 fully saturated rings. The third-order valence-corrected chi connectivity index (χ3v) is 7.19. The highest BCUT2D eigenvalue weighted by atomic mass is 35.5. The summed E-state index contributed by atoms with van der Waals surface area (Å²) in [6, 6.07) is 2.28. The first-order valence-electron chi connectivity index (χ1n) is 12.1. The van der Waals surface area contributed by atoms with E-state index in [-0.39, 0.29) is 40.1 Å². The van der Waals surface area contributed by atoms with Gasteiger partial charge in [0.1, 0.15) is 16.4 Å². The second kappa shape index (κ2) is 10.5. The summed E-state index contributed by atoms with van der Waals surface area (Å²) in [4.78, 5) is 32.7. The number of nitrogens with zero attached hydrogens (tertiary/aromatic N) is 4. The number of aromatic amines is 1. The number of aromatic nitrogens is 5. The fourth-order valence-corrected chi connectivity index (χ4v) is 5.16. The van der Waals surface area contributed by atoms with Gasteiger partial charge in [0.2, 0.25) is 0 Å². The van der Waals surface area contributed by atoms with E-state index in [9.17, 15) is 22.8 Å². The second-order valence-electron chi connectivity index (χ2n) is 9.58. The zero-order valence-corrected chi connectivity index (χ0v) is 21.3. The first-order valence-corrected chi connectivity index (χ1v) is 12.5. The molecule has 0 unspecified atom stereocenters. The molecule has 210 valence electrons. The molecule has 0 aliphatic heterocycles. The van der Waals surface area contributed by atoms with Crippen LogP contribution < -0.4 is 22.2 Å². The van der Waals surface area contributed by atoms with Gasteiger partial charge in [0, 0.05) is 18.8 Å². The van der Waals surface area contributed by atoms with Crippen molar-refractivity contribution in [2.45, 2.75) is 44.4 Å². The van der Waals surface area contributed by atoms with Crippen LogP contribution in [0.2, 0.25) is 5.02 Å². The summed E-state index contributed by atoms with van der Waals surface area (Å²) in [6.45, 7) is 0.131. The Bertz CT molecular complexity index is 1720. The van der Waals surface area contributed by atoms with E-state index in [2.05, 4.69) is 20.4 Å². The molecular weight excluding hydrogens is 561 g/mol. The van der Waals surface area contributed by atoms with Gasteiger partial charge in [-0.1, -0.05) is 18.0 Å². The van der Waals surface area contributed by atoms with Crippen LogP contribution in [-0.2, 0) is 12.7 Å². The summed E-state index contributed by atoms with van der Waals surface area (Å²) in [5.74, 6) is -3.17. The molecule has 0 bridgehead atoms. The maximum Gasteiger partial charge on any atom is 0.423 e. The SMILES string of the molecule is Nc1nc(-c2cc3ccn(C[C@@H]4CCC[C@H](Nc5cn[nH]c(=O)c5C(F)(F)F)C4)c(=O)c3c(F)c2F)ncc1Cl. The number of alkyl halides is 3. The molecule has 4 aromatic rings. The number of anilines is 2. The Hall–Kier alpha value is -4.07. The van der Waals surface area contributed by atoms with Gasteiger partial charge in [0.25, 0.3) is 11.1 Å². The standard InChI is InChI=1S/C25H21ClF5N7O2/c26-15-8-33-22(36-21(15)32)14-7-12-4-5-38(24(40)17(12)20(28)19(14)27)10-11-2-1-3-13(6-11)35-16-9-34-37-23(39)18(16)25(29,30)31/h4-5,7-9,11,13H,1-3,6,10H2,(H2,32,33,36)(H2,35,37,39)/t11-,13+/m1/s1. The third-order valence-electron chi connectivity index (χ3n) is 6.90. The highest BCUT2D eigenvalue weighted by Gasteiger charge is 2.38. The van der Waals surface area contributed by atoms with Gasteiger partial charge >= 0.3 is 6.18 Å². The molecule has 4 N–H and O–H groups in total. The predicted molar refractivity (Wildman–Crippen MR) is 138 cm³/mol. The van der Waals surface area contributed by atoms with Crippen molar-refractivity contribution in [2.75, 3.05) is 11.1 Å². The quantitative estimate of drug-likeness (QED) is 0.290. The van der Waals surface area contributed by atoms with Gasteiger partial charge in [-0.15, -0.1) is 0 Å². The van der Waals surface area contributed by atoms with E-state index < -0.39 is 51.6 Å². The molecular formula is C25H21ClF5N7O2. The summed E-state index contributed by atoms with van der Waals surface area (Å²) in [7, 11) is 0. The zero-order chi connectivity index (χ0) is 28.8. The number of benzene rings is 1. The Morgan fingerprint density at radius 1 is 1.18 bits per heavy atom. The Morgan fingerprint density at radius 3 is 2.67 bits per heavy atom. The van der Waals surface area contributed by atoms with E-state index in [0.717, 1.165) is 12.4 Å². The molecule has 3 heterocycles. The third kappa shape index (κ3) is 5.22. The smallest absolute Gasteiger partial charge is 0.382 e. The fourth-order valence-electron chi connectivity index (χ4n) is 5.07. The minimum atomic E-state index is -4.88. The molecule has 1 aromatic carbocycles. The molecule has 0 spiro atoms. The van der Waals surface area contributed by atoms with Gasteiger partial charge in [-0.3, -0.25) is 9.59 Å². The van der Waals surface area contributed by atoms with Gasteiger partial charge in [0.05, 0.1) is 29.0 Å². The van der Waals surface area contributed by atoms with Crippen molar-refractivity contribution in [3.63, 3.8) is 0 Å². The number of H-pyrrole nitrogens is 1. The summed E-state index contributed by atoms with van der Waals surface area (Å²) < 4.78 is 71.7. The number of hydrogen-bond acceptors (Lipinski definition) is 7. The molecule has 3 aromatic heterocycles. The number of nitrogen functional groups attached to an aromatic ring is 1. The van der Waals surface area contributed by atoms with Crippen LogP contribution in [0.15, 0.2) is 40.3 Å². The summed E-state index contributed by atoms with van der Waals surface area (Å²) in [5.41, 5.74) is 1.46. The first kappa shape index (κ1) is 27.5. The van der Waals surface area contributed by atoms with Crippen molar-refractivity contribution in [1.29, 1.82) is 0 Å². The van der Waals surface area contributed by atoms with Crippen molar-refractivity contribution < 1.29 is 22.0 Å². The van der Waals surface area contributed by atoms with Gasteiger partial charge in [-0.2, -0.15) is 18.3 Å². The molecule has 1 saturated carbocycles. The fraction of sp³-hybridized carbons (Fsp3) is 0.320. The van der Waals surface area contributed by atoms with E-state index >= 15 is 8.78 Å². The van der Waals surface area contributed by atoms with E-state index in [1.165, 1.54) is 22.9 Å². The Balaban J connectivity index is 1.40. The van der Waals surface area contributed by atoms with Crippen molar-refractivity contribution in [2.24, 2.45) is 5.92 Å². The number of fused-ring (bicyclic) bond motifs is 1. The van der Waals surface area contributed by atoms with Gasteiger partial charge in [0.15, 0.2) is 17.5 Å². The Kier molecular flexibility index (Phi) is 7.21. The van der Waals surface area contributed by atoms with Crippen LogP contribution in [0.3, 0.4) is 0 Å². The molecule has 0 radical (unpaired) electrons. The lowest BCUT2D eigenvalue weighted by Crippen LogP contribution is -2.33. The van der Waals surface area contributed by atoms with Crippen molar-refractivity contribution in [3.8, 4) is 11.4 Å². The summed E-state index contributed by atoms with van der Waals surface area (Å²) >= 11 is 5.81. The number of nitrogens with two attached hydrogens (primary N) is 1. The first-order chi connectivity index (χ1) is 18.9. The van der Waals surface area contributed by atoms with Crippen LogP contribution in [0.1, 0.15) is 31.2 Å². The van der Waals surface area contributed by atoms with Crippen LogP contribution in [0.25, 0.3) is 22.2 Å². The highest BCUT2D eigenvalue weighted by molar-refractivity contribution is 6.32. The Morgan fingerprint density at radius 2 is 1.95 bits per heavy atom. The van der Waals surface area contributed by atoms with Crippen molar-refractivity contribution >= 4 is 33.9 Å². The molecule has 9 nitrogen and oxygen atoms in total. The normalized spacial score (nSPS) is 17.8. The summed E-state index contributed by atoms with van der Waals surface area (Å²) in [5, 5.41) is 7.75. The molecule has 0 amide bonds. The van der Waals surface area contributed by atoms with Crippen LogP contribution in [0.4, 0.5) is 33.5 Å². The van der Waals surface area contributed by atoms with Crippen LogP contribution >= 0.6 is 11.6 Å². The number of hydrogen-bond donors (Lipinski definition) is 3. The molecule has 5 rings (SSSR count). The lowest BCUT2D eigenvalue weighted by molar-refractivity contribution is -0.138. The largest absolute Gasteiger partial charge is 0.423 e. The van der Waals surface area contributed by atoms with Crippen molar-refractivity contribution in [3.05, 3.63) is 73.7 Å². The average Bonchev–Trinajstić information content (AvgIpc) is 2.89. The maximum absolute atomic E-state index is 15.2. The Labute approximate surface area is 227 Å². The van der Waals surface area contributed by atoms with E-state index in [1.807, 2.05) is 0 Å². The number of rotatable bonds is 5. The second-order valence-corrected chi connectivity index (χ2v) is 9.98. The van der Waals surface area contributed by atoms with Gasteiger partial charge in [-0.25, -0.2) is 23.8 Å². The lowest BCUT2D eigenvalue weighted by atomic mass is 9.85. The van der Waals surface area contributed by atoms with Crippen LogP contribution in [0.5, 0.6) is 0 Å². The summed E-state index contributed by atoms with van der Waals surface area (Å²) in [6.07, 6.45) is 0.844. The van der Waals surface area contributed by atoms with Crippen LogP contribution in [0, 0.1) is 17.6 Å². The topological polar surface area (TPSA) is 132 Å². The maximum atomic E-state index is 15.2.